The summed E-state index contributed by atoms with van der Waals surface area (Å²) in [5.74, 6) is -3.57. The van der Waals surface area contributed by atoms with Crippen LogP contribution in [-0.4, -0.2) is 12.6 Å². The quantitative estimate of drug-likeness (QED) is 0.159. The first-order chi connectivity index (χ1) is 17.4. The summed E-state index contributed by atoms with van der Waals surface area (Å²) in [6.45, 7) is 2.45. The van der Waals surface area contributed by atoms with Crippen LogP contribution in [0, 0.1) is 17.5 Å². The maximum atomic E-state index is 15.0. The van der Waals surface area contributed by atoms with Crippen LogP contribution in [0.3, 0.4) is 0 Å². The molecule has 6 heteroatoms. The first kappa shape index (κ1) is 23.6. The fourth-order valence-corrected chi connectivity index (χ4v) is 3.95. The van der Waals surface area contributed by atoms with Gasteiger partial charge in [0.25, 0.3) is 0 Å². The van der Waals surface area contributed by atoms with E-state index in [-0.39, 0.29) is 28.5 Å². The summed E-state index contributed by atoms with van der Waals surface area (Å²) in [6.07, 6.45) is 3.70. The number of rotatable bonds is 6. The van der Waals surface area contributed by atoms with Crippen LogP contribution in [0.2, 0.25) is 0 Å². The van der Waals surface area contributed by atoms with Gasteiger partial charge >= 0.3 is 5.97 Å². The molecule has 1 fully saturated rings. The van der Waals surface area contributed by atoms with Crippen LogP contribution in [0.25, 0.3) is 28.3 Å². The van der Waals surface area contributed by atoms with Gasteiger partial charge in [-0.3, -0.25) is 0 Å². The van der Waals surface area contributed by atoms with Crippen molar-refractivity contribution >= 4 is 12.0 Å². The van der Waals surface area contributed by atoms with Crippen LogP contribution in [0.4, 0.5) is 13.2 Å². The first-order valence-corrected chi connectivity index (χ1v) is 11.4. The van der Waals surface area contributed by atoms with Crippen LogP contribution in [-0.2, 0) is 4.74 Å². The Morgan fingerprint density at radius 1 is 0.861 bits per heavy atom. The molecule has 0 N–H and O–H groups in total. The summed E-state index contributed by atoms with van der Waals surface area (Å²) in [7, 11) is 0. The average molecular weight is 486 g/mol. The van der Waals surface area contributed by atoms with Gasteiger partial charge in [-0.25, -0.2) is 18.0 Å². The molecule has 1 unspecified atom stereocenters. The highest BCUT2D eigenvalue weighted by atomic mass is 19.2. The third kappa shape index (κ3) is 4.81. The van der Waals surface area contributed by atoms with Gasteiger partial charge in [-0.1, -0.05) is 66.7 Å². The van der Waals surface area contributed by atoms with E-state index in [4.69, 9.17) is 9.47 Å². The summed E-state index contributed by atoms with van der Waals surface area (Å²) >= 11 is 0. The fraction of sp³-hybridized carbons (Fsp3) is 0.100. The molecule has 1 aliphatic rings. The van der Waals surface area contributed by atoms with Crippen molar-refractivity contribution < 1.29 is 27.4 Å². The van der Waals surface area contributed by atoms with Crippen molar-refractivity contribution in [3.05, 3.63) is 119 Å². The van der Waals surface area contributed by atoms with Gasteiger partial charge in [0.1, 0.15) is 6.10 Å². The zero-order valence-electron chi connectivity index (χ0n) is 19.3. The number of esters is 1. The van der Waals surface area contributed by atoms with Gasteiger partial charge in [0.2, 0.25) is 0 Å². The molecular weight excluding hydrogens is 465 g/mol. The van der Waals surface area contributed by atoms with E-state index in [0.717, 1.165) is 5.56 Å². The minimum absolute atomic E-state index is 0.0608. The Hall–Kier alpha value is -4.16. The standard InChI is InChI=1S/C30H21F3O3/c1-2-3-18-4-6-19(7-5-18)23-13-14-24(29(33)28(23)32)20-8-10-21(11-9-20)30(34)36-26-15-12-22(16-25(26)31)27-17-35-27/h2-16,27H,17H2,1H3/b3-2+. The average Bonchev–Trinajstić information content (AvgIpc) is 3.73. The molecule has 0 saturated carbocycles. The molecule has 0 aliphatic carbocycles. The molecule has 4 aromatic rings. The second-order valence-electron chi connectivity index (χ2n) is 8.39. The Balaban J connectivity index is 1.34. The highest BCUT2D eigenvalue weighted by molar-refractivity contribution is 5.91. The number of halogens is 3. The number of hydrogen-bond donors (Lipinski definition) is 0. The Morgan fingerprint density at radius 2 is 1.44 bits per heavy atom. The minimum Gasteiger partial charge on any atom is -0.420 e. The van der Waals surface area contributed by atoms with Gasteiger partial charge in [0.15, 0.2) is 23.2 Å². The van der Waals surface area contributed by atoms with Crippen LogP contribution in [0.1, 0.15) is 34.5 Å². The van der Waals surface area contributed by atoms with Crippen LogP contribution in [0.5, 0.6) is 5.75 Å². The Bertz CT molecular complexity index is 1450. The first-order valence-electron chi connectivity index (χ1n) is 11.4. The van der Waals surface area contributed by atoms with Crippen molar-refractivity contribution in [2.45, 2.75) is 13.0 Å². The van der Waals surface area contributed by atoms with Gasteiger partial charge < -0.3 is 9.47 Å². The number of allylic oxidation sites excluding steroid dienone is 1. The Labute approximate surface area is 206 Å². The molecule has 1 heterocycles. The lowest BCUT2D eigenvalue weighted by molar-refractivity contribution is 0.0728. The Morgan fingerprint density at radius 3 is 1.97 bits per heavy atom. The number of carbonyl (C=O) groups is 1. The number of benzene rings is 4. The molecule has 180 valence electrons. The van der Waals surface area contributed by atoms with Crippen molar-refractivity contribution in [3.63, 3.8) is 0 Å². The van der Waals surface area contributed by atoms with Crippen LogP contribution < -0.4 is 4.74 Å². The maximum Gasteiger partial charge on any atom is 0.343 e. The summed E-state index contributed by atoms with van der Waals surface area (Å²) < 4.78 is 54.5. The molecule has 36 heavy (non-hydrogen) atoms. The normalized spacial score (nSPS) is 14.7. The zero-order chi connectivity index (χ0) is 25.2. The number of hydrogen-bond acceptors (Lipinski definition) is 3. The van der Waals surface area contributed by atoms with E-state index < -0.39 is 23.4 Å². The lowest BCUT2D eigenvalue weighted by Crippen LogP contribution is -2.09. The molecule has 5 rings (SSSR count). The van der Waals surface area contributed by atoms with Crippen molar-refractivity contribution in [3.8, 4) is 28.0 Å². The van der Waals surface area contributed by atoms with Gasteiger partial charge in [-0.2, -0.15) is 0 Å². The molecule has 1 saturated heterocycles. The van der Waals surface area contributed by atoms with E-state index in [0.29, 0.717) is 23.3 Å². The summed E-state index contributed by atoms with van der Waals surface area (Å²) in [4.78, 5) is 12.5. The third-order valence-corrected chi connectivity index (χ3v) is 5.96. The molecule has 1 aliphatic heterocycles. The summed E-state index contributed by atoms with van der Waals surface area (Å²) in [6, 6.07) is 20.3. The fourth-order valence-electron chi connectivity index (χ4n) is 3.95. The molecule has 3 nitrogen and oxygen atoms in total. The third-order valence-electron chi connectivity index (χ3n) is 5.96. The molecular formula is C30H21F3O3. The second-order valence-corrected chi connectivity index (χ2v) is 8.39. The summed E-state index contributed by atoms with van der Waals surface area (Å²) in [5, 5.41) is 0. The van der Waals surface area contributed by atoms with Gasteiger partial charge in [-0.15, -0.1) is 0 Å². The van der Waals surface area contributed by atoms with Gasteiger partial charge in [0, 0.05) is 11.1 Å². The molecule has 0 spiro atoms. The van der Waals surface area contributed by atoms with Crippen molar-refractivity contribution in [1.82, 2.24) is 0 Å². The predicted octanol–water partition coefficient (Wildman–Crippen LogP) is 7.76. The maximum absolute atomic E-state index is 15.0. The van der Waals surface area contributed by atoms with Crippen molar-refractivity contribution in [2.24, 2.45) is 0 Å². The molecule has 0 amide bonds. The topological polar surface area (TPSA) is 38.8 Å². The lowest BCUT2D eigenvalue weighted by atomic mass is 9.97. The highest BCUT2D eigenvalue weighted by Crippen LogP contribution is 2.33. The van der Waals surface area contributed by atoms with E-state index in [2.05, 4.69) is 0 Å². The molecule has 1 atom stereocenters. The molecule has 4 aromatic carbocycles. The van der Waals surface area contributed by atoms with Crippen molar-refractivity contribution in [1.29, 1.82) is 0 Å². The molecule has 0 aromatic heterocycles. The van der Waals surface area contributed by atoms with E-state index in [1.807, 2.05) is 31.2 Å². The van der Waals surface area contributed by atoms with Crippen LogP contribution >= 0.6 is 0 Å². The SMILES string of the molecule is C/C=C/c1ccc(-c2ccc(-c3ccc(C(=O)Oc4ccc(C5CO5)cc4F)cc3)c(F)c2F)cc1. The molecule has 0 radical (unpaired) electrons. The molecule has 0 bridgehead atoms. The van der Waals surface area contributed by atoms with E-state index >= 15 is 0 Å². The van der Waals surface area contributed by atoms with Crippen molar-refractivity contribution in [2.75, 3.05) is 6.61 Å². The predicted molar refractivity (Wildman–Crippen MR) is 132 cm³/mol. The highest BCUT2D eigenvalue weighted by Gasteiger charge is 2.26. The smallest absolute Gasteiger partial charge is 0.343 e. The Kier molecular flexibility index (Phi) is 6.44. The van der Waals surface area contributed by atoms with E-state index in [1.165, 1.54) is 48.5 Å². The number of epoxide rings is 1. The summed E-state index contributed by atoms with van der Waals surface area (Å²) in [5.41, 5.74) is 2.96. The van der Waals surface area contributed by atoms with Gasteiger partial charge in [-0.05, 0) is 53.4 Å². The van der Waals surface area contributed by atoms with Gasteiger partial charge in [0.05, 0.1) is 12.2 Å². The number of ether oxygens (including phenoxy) is 2. The largest absolute Gasteiger partial charge is 0.420 e. The van der Waals surface area contributed by atoms with E-state index in [1.54, 1.807) is 18.2 Å². The second kappa shape index (κ2) is 9.84. The number of carbonyl (C=O) groups excluding carboxylic acids is 1. The van der Waals surface area contributed by atoms with Crippen LogP contribution in [0.15, 0.2) is 84.9 Å². The van der Waals surface area contributed by atoms with E-state index in [9.17, 15) is 18.0 Å². The lowest BCUT2D eigenvalue weighted by Gasteiger charge is -2.10. The zero-order valence-corrected chi connectivity index (χ0v) is 19.3. The minimum atomic E-state index is -0.984. The monoisotopic (exact) mass is 486 g/mol.